The van der Waals surface area contributed by atoms with Gasteiger partial charge in [0.25, 0.3) is 0 Å². The van der Waals surface area contributed by atoms with Crippen LogP contribution >= 0.6 is 0 Å². The quantitative estimate of drug-likeness (QED) is 0.722. The second-order valence-corrected chi connectivity index (χ2v) is 5.50. The third-order valence-corrected chi connectivity index (χ3v) is 3.37. The smallest absolute Gasteiger partial charge is 0.224 e. The number of hydrogen-bond donors (Lipinski definition) is 1. The topological polar surface area (TPSA) is 55.4 Å². The predicted octanol–water partition coefficient (Wildman–Crippen LogP) is 4.36. The number of amides is 1. The number of ether oxygens (including phenoxy) is 1. The fourth-order valence-corrected chi connectivity index (χ4v) is 2.18. The molecule has 132 valence electrons. The van der Waals surface area contributed by atoms with Gasteiger partial charge in [0.2, 0.25) is 5.91 Å². The molecule has 4 nitrogen and oxygen atoms in total. The summed E-state index contributed by atoms with van der Waals surface area (Å²) in [6.45, 7) is 2.61. The number of hydrogen-bond acceptors (Lipinski definition) is 3. The van der Waals surface area contributed by atoms with Gasteiger partial charge in [-0.25, -0.2) is 8.78 Å². The first kappa shape index (κ1) is 18.6. The third-order valence-electron chi connectivity index (χ3n) is 3.37. The van der Waals surface area contributed by atoms with Crippen molar-refractivity contribution < 1.29 is 23.1 Å². The highest BCUT2D eigenvalue weighted by molar-refractivity contribution is 6.00. The maximum absolute atomic E-state index is 13.1. The van der Waals surface area contributed by atoms with Crippen molar-refractivity contribution in [2.75, 3.05) is 11.9 Å². The first-order valence-electron chi connectivity index (χ1n) is 8.00. The number of benzene rings is 2. The first-order chi connectivity index (χ1) is 12.0. The lowest BCUT2D eigenvalue weighted by Gasteiger charge is -2.07. The molecule has 2 aromatic carbocycles. The molecule has 1 amide bonds. The van der Waals surface area contributed by atoms with Crippen molar-refractivity contribution >= 4 is 17.4 Å². The number of rotatable bonds is 8. The van der Waals surface area contributed by atoms with Gasteiger partial charge in [0.1, 0.15) is 17.4 Å². The summed E-state index contributed by atoms with van der Waals surface area (Å²) in [5.41, 5.74) is 0.501. The summed E-state index contributed by atoms with van der Waals surface area (Å²) in [6, 6.07) is 9.44. The molecule has 0 bridgehead atoms. The van der Waals surface area contributed by atoms with E-state index in [2.05, 4.69) is 5.32 Å². The minimum absolute atomic E-state index is 0.00120. The lowest BCUT2D eigenvalue weighted by Crippen LogP contribution is -2.13. The van der Waals surface area contributed by atoms with Crippen LogP contribution in [0.1, 0.15) is 36.5 Å². The number of carbonyl (C=O) groups excluding carboxylic acids is 2. The Balaban J connectivity index is 1.85. The Morgan fingerprint density at radius 2 is 1.64 bits per heavy atom. The average Bonchev–Trinajstić information content (AvgIpc) is 2.57. The Bertz CT molecular complexity index is 725. The lowest BCUT2D eigenvalue weighted by molar-refractivity contribution is -0.116. The number of ketones is 1. The molecule has 0 aliphatic carbocycles. The number of nitrogens with one attached hydrogen (secondary N) is 1. The molecule has 1 N–H and O–H groups in total. The van der Waals surface area contributed by atoms with E-state index in [0.717, 1.165) is 18.6 Å². The molecule has 2 rings (SSSR count). The van der Waals surface area contributed by atoms with Gasteiger partial charge in [-0.15, -0.1) is 0 Å². The minimum atomic E-state index is -0.781. The van der Waals surface area contributed by atoms with Gasteiger partial charge in [0, 0.05) is 30.2 Å². The van der Waals surface area contributed by atoms with Crippen molar-refractivity contribution in [3.63, 3.8) is 0 Å². The molecule has 0 fully saturated rings. The van der Waals surface area contributed by atoms with Crippen molar-refractivity contribution in [3.8, 4) is 5.75 Å². The molecule has 0 aliphatic rings. The Morgan fingerprint density at radius 1 is 1.00 bits per heavy atom. The third kappa shape index (κ3) is 5.99. The van der Waals surface area contributed by atoms with Crippen LogP contribution < -0.4 is 10.1 Å². The van der Waals surface area contributed by atoms with Crippen LogP contribution in [0.25, 0.3) is 0 Å². The molecule has 0 spiro atoms. The normalized spacial score (nSPS) is 10.4. The molecular weight excluding hydrogens is 328 g/mol. The SMILES string of the molecule is CCCOc1ccc(C(=O)CCC(=O)Nc2cc(F)cc(F)c2)cc1. The van der Waals surface area contributed by atoms with Gasteiger partial charge in [-0.1, -0.05) is 6.92 Å². The second-order valence-electron chi connectivity index (χ2n) is 5.50. The molecular formula is C19H19F2NO3. The predicted molar refractivity (Wildman–Crippen MR) is 90.8 cm³/mol. The maximum Gasteiger partial charge on any atom is 0.224 e. The van der Waals surface area contributed by atoms with Gasteiger partial charge in [0.15, 0.2) is 5.78 Å². The van der Waals surface area contributed by atoms with Crippen LogP contribution in [0.2, 0.25) is 0 Å². The van der Waals surface area contributed by atoms with Gasteiger partial charge in [0.05, 0.1) is 6.61 Å². The Morgan fingerprint density at radius 3 is 2.24 bits per heavy atom. The molecule has 0 unspecified atom stereocenters. The van der Waals surface area contributed by atoms with Crippen LogP contribution in [0.3, 0.4) is 0 Å². The fraction of sp³-hybridized carbons (Fsp3) is 0.263. The highest BCUT2D eigenvalue weighted by atomic mass is 19.1. The highest BCUT2D eigenvalue weighted by Gasteiger charge is 2.11. The fourth-order valence-electron chi connectivity index (χ4n) is 2.18. The van der Waals surface area contributed by atoms with Crippen LogP contribution in [-0.4, -0.2) is 18.3 Å². The van der Waals surface area contributed by atoms with E-state index in [4.69, 9.17) is 4.74 Å². The van der Waals surface area contributed by atoms with E-state index in [1.807, 2.05) is 6.92 Å². The summed E-state index contributed by atoms with van der Waals surface area (Å²) in [4.78, 5) is 23.9. The van der Waals surface area contributed by atoms with Crippen LogP contribution in [0, 0.1) is 11.6 Å². The summed E-state index contributed by atoms with van der Waals surface area (Å²) >= 11 is 0. The van der Waals surface area contributed by atoms with E-state index in [0.29, 0.717) is 24.0 Å². The molecule has 0 radical (unpaired) electrons. The number of halogens is 2. The van der Waals surface area contributed by atoms with Gasteiger partial charge >= 0.3 is 0 Å². The monoisotopic (exact) mass is 347 g/mol. The molecule has 0 heterocycles. The van der Waals surface area contributed by atoms with Crippen LogP contribution in [0.5, 0.6) is 5.75 Å². The summed E-state index contributed by atoms with van der Waals surface area (Å²) in [7, 11) is 0. The summed E-state index contributed by atoms with van der Waals surface area (Å²) in [6.07, 6.45) is 0.814. The van der Waals surface area contributed by atoms with E-state index < -0.39 is 17.5 Å². The first-order valence-corrected chi connectivity index (χ1v) is 8.00. The minimum Gasteiger partial charge on any atom is -0.494 e. The Kier molecular flexibility index (Phi) is 6.62. The van der Waals surface area contributed by atoms with Crippen molar-refractivity contribution in [1.29, 1.82) is 0 Å². The molecule has 6 heteroatoms. The van der Waals surface area contributed by atoms with Crippen LogP contribution in [0.4, 0.5) is 14.5 Å². The zero-order valence-electron chi connectivity index (χ0n) is 13.9. The van der Waals surface area contributed by atoms with Crippen molar-refractivity contribution in [3.05, 3.63) is 59.7 Å². The van der Waals surface area contributed by atoms with E-state index in [1.165, 1.54) is 0 Å². The number of anilines is 1. The molecule has 0 atom stereocenters. The summed E-state index contributed by atoms with van der Waals surface area (Å²) in [5, 5.41) is 2.37. The van der Waals surface area contributed by atoms with Gasteiger partial charge < -0.3 is 10.1 Å². The molecule has 0 saturated carbocycles. The number of Topliss-reactive ketones (excluding diaryl/α,β-unsaturated/α-hetero) is 1. The maximum atomic E-state index is 13.1. The molecule has 0 aliphatic heterocycles. The Hall–Kier alpha value is -2.76. The molecule has 0 aromatic heterocycles. The van der Waals surface area contributed by atoms with Gasteiger partial charge in [-0.2, -0.15) is 0 Å². The van der Waals surface area contributed by atoms with E-state index in [-0.39, 0.29) is 24.3 Å². The lowest BCUT2D eigenvalue weighted by atomic mass is 10.1. The second kappa shape index (κ2) is 8.92. The average molecular weight is 347 g/mol. The van der Waals surface area contributed by atoms with Crippen molar-refractivity contribution in [2.45, 2.75) is 26.2 Å². The van der Waals surface area contributed by atoms with Crippen LogP contribution in [-0.2, 0) is 4.79 Å². The molecule has 0 saturated heterocycles. The van der Waals surface area contributed by atoms with Crippen molar-refractivity contribution in [2.24, 2.45) is 0 Å². The van der Waals surface area contributed by atoms with Crippen LogP contribution in [0.15, 0.2) is 42.5 Å². The van der Waals surface area contributed by atoms with Crippen molar-refractivity contribution in [1.82, 2.24) is 0 Å². The van der Waals surface area contributed by atoms with E-state index in [9.17, 15) is 18.4 Å². The van der Waals surface area contributed by atoms with Gasteiger partial charge in [-0.3, -0.25) is 9.59 Å². The highest BCUT2D eigenvalue weighted by Crippen LogP contribution is 2.16. The van der Waals surface area contributed by atoms with E-state index >= 15 is 0 Å². The number of carbonyl (C=O) groups is 2. The summed E-state index contributed by atoms with van der Waals surface area (Å²) < 4.78 is 31.6. The largest absolute Gasteiger partial charge is 0.494 e. The Labute approximate surface area is 144 Å². The standard InChI is InChI=1S/C19H19F2NO3/c1-2-9-25-17-5-3-13(4-6-17)18(23)7-8-19(24)22-16-11-14(20)10-15(21)12-16/h3-6,10-12H,2,7-9H2,1H3,(H,22,24). The molecule has 25 heavy (non-hydrogen) atoms. The summed E-state index contributed by atoms with van der Waals surface area (Å²) in [5.74, 6) is -1.55. The van der Waals surface area contributed by atoms with E-state index in [1.54, 1.807) is 24.3 Å². The zero-order valence-corrected chi connectivity index (χ0v) is 13.9. The molecule has 2 aromatic rings. The zero-order chi connectivity index (χ0) is 18.2. The van der Waals surface area contributed by atoms with Gasteiger partial charge in [-0.05, 0) is 42.8 Å².